The summed E-state index contributed by atoms with van der Waals surface area (Å²) in [5, 5.41) is 4.07. The van der Waals surface area contributed by atoms with Gasteiger partial charge < -0.3 is 15.1 Å². The molecular formula is C22H30ClIN4O. The van der Waals surface area contributed by atoms with Crippen molar-refractivity contribution in [3.63, 3.8) is 0 Å². The molecule has 0 spiro atoms. The van der Waals surface area contributed by atoms with Gasteiger partial charge in [-0.3, -0.25) is 9.79 Å². The number of nitrogens with zero attached hydrogens (tertiary/aromatic N) is 3. The Balaban J connectivity index is 0.00000420. The lowest BCUT2D eigenvalue weighted by atomic mass is 10.1. The maximum Gasteiger partial charge on any atom is 0.253 e. The van der Waals surface area contributed by atoms with Gasteiger partial charge in [-0.1, -0.05) is 35.9 Å². The first-order chi connectivity index (χ1) is 13.4. The fourth-order valence-corrected chi connectivity index (χ4v) is 3.08. The Morgan fingerprint density at radius 2 is 1.76 bits per heavy atom. The molecule has 1 amide bonds. The zero-order chi connectivity index (χ0) is 20.5. The summed E-state index contributed by atoms with van der Waals surface area (Å²) in [7, 11) is 5.54. The van der Waals surface area contributed by atoms with Crippen LogP contribution in [0.2, 0.25) is 5.02 Å². The molecular weight excluding hydrogens is 499 g/mol. The van der Waals surface area contributed by atoms with E-state index < -0.39 is 0 Å². The zero-order valence-corrected chi connectivity index (χ0v) is 20.6. The van der Waals surface area contributed by atoms with Gasteiger partial charge in [-0.2, -0.15) is 0 Å². The van der Waals surface area contributed by atoms with Crippen LogP contribution in [-0.4, -0.2) is 55.9 Å². The van der Waals surface area contributed by atoms with Crippen LogP contribution in [-0.2, 0) is 13.0 Å². The van der Waals surface area contributed by atoms with Crippen molar-refractivity contribution in [3.8, 4) is 0 Å². The van der Waals surface area contributed by atoms with Gasteiger partial charge in [0.15, 0.2) is 5.96 Å². The summed E-state index contributed by atoms with van der Waals surface area (Å²) in [6.45, 7) is 4.21. The van der Waals surface area contributed by atoms with Crippen LogP contribution in [0.1, 0.15) is 28.4 Å². The first-order valence-electron chi connectivity index (χ1n) is 9.45. The monoisotopic (exact) mass is 528 g/mol. The molecule has 0 aromatic heterocycles. The van der Waals surface area contributed by atoms with E-state index in [9.17, 15) is 4.79 Å². The van der Waals surface area contributed by atoms with Crippen molar-refractivity contribution in [1.29, 1.82) is 0 Å². The zero-order valence-electron chi connectivity index (χ0n) is 17.5. The molecule has 5 nitrogen and oxygen atoms in total. The SMILES string of the molecule is CCNC(=NCCc1cccc(C(=O)N(C)C)c1)N(C)Cc1cccc(Cl)c1.I. The summed E-state index contributed by atoms with van der Waals surface area (Å²) >= 11 is 6.08. The molecule has 1 N–H and O–H groups in total. The van der Waals surface area contributed by atoms with Crippen LogP contribution in [0.4, 0.5) is 0 Å². The van der Waals surface area contributed by atoms with Gasteiger partial charge >= 0.3 is 0 Å². The van der Waals surface area contributed by atoms with Crippen molar-refractivity contribution >= 4 is 47.4 Å². The fourth-order valence-electron chi connectivity index (χ4n) is 2.86. The third-order valence-electron chi connectivity index (χ3n) is 4.25. The second-order valence-electron chi connectivity index (χ2n) is 6.87. The Morgan fingerprint density at radius 1 is 1.07 bits per heavy atom. The van der Waals surface area contributed by atoms with E-state index >= 15 is 0 Å². The number of rotatable bonds is 7. The molecule has 158 valence electrons. The Kier molecular flexibility index (Phi) is 11.0. The summed E-state index contributed by atoms with van der Waals surface area (Å²) in [4.78, 5) is 20.5. The number of carbonyl (C=O) groups is 1. The summed E-state index contributed by atoms with van der Waals surface area (Å²) in [6, 6.07) is 15.6. The molecule has 0 saturated carbocycles. The molecule has 2 aromatic carbocycles. The van der Waals surface area contributed by atoms with Gasteiger partial charge in [-0.05, 0) is 48.7 Å². The predicted molar refractivity (Wildman–Crippen MR) is 132 cm³/mol. The van der Waals surface area contributed by atoms with E-state index in [4.69, 9.17) is 16.6 Å². The van der Waals surface area contributed by atoms with Gasteiger partial charge in [0, 0.05) is 51.4 Å². The molecule has 0 heterocycles. The van der Waals surface area contributed by atoms with Crippen molar-refractivity contribution < 1.29 is 4.79 Å². The molecule has 0 aliphatic carbocycles. The average molecular weight is 529 g/mol. The molecule has 0 fully saturated rings. The van der Waals surface area contributed by atoms with Gasteiger partial charge in [-0.25, -0.2) is 0 Å². The van der Waals surface area contributed by atoms with E-state index in [2.05, 4.69) is 23.2 Å². The van der Waals surface area contributed by atoms with E-state index in [1.165, 1.54) is 0 Å². The Bertz CT molecular complexity index is 826. The highest BCUT2D eigenvalue weighted by Gasteiger charge is 2.09. The standard InChI is InChI=1S/C22H29ClN4O.HI/c1-5-24-22(27(4)16-18-9-7-11-20(23)15-18)25-13-12-17-8-6-10-19(14-17)21(28)26(2)3;/h6-11,14-15H,5,12-13,16H2,1-4H3,(H,24,25);1H. The molecule has 2 rings (SSSR count). The van der Waals surface area contributed by atoms with Crippen molar-refractivity contribution in [2.24, 2.45) is 4.99 Å². The number of guanidine groups is 1. The predicted octanol–water partition coefficient (Wildman–Crippen LogP) is 4.30. The van der Waals surface area contributed by atoms with E-state index in [1.54, 1.807) is 19.0 Å². The van der Waals surface area contributed by atoms with Crippen molar-refractivity contribution in [3.05, 3.63) is 70.2 Å². The third-order valence-corrected chi connectivity index (χ3v) is 4.48. The maximum absolute atomic E-state index is 12.1. The van der Waals surface area contributed by atoms with Crippen LogP contribution >= 0.6 is 35.6 Å². The van der Waals surface area contributed by atoms with Crippen molar-refractivity contribution in [2.75, 3.05) is 34.2 Å². The molecule has 0 unspecified atom stereocenters. The lowest BCUT2D eigenvalue weighted by Gasteiger charge is -2.22. The second-order valence-corrected chi connectivity index (χ2v) is 7.31. The molecule has 0 aliphatic rings. The quantitative estimate of drug-likeness (QED) is 0.331. The number of benzene rings is 2. The summed E-state index contributed by atoms with van der Waals surface area (Å²) in [5.41, 5.74) is 2.94. The molecule has 2 aromatic rings. The molecule has 0 bridgehead atoms. The van der Waals surface area contributed by atoms with Crippen LogP contribution in [0.5, 0.6) is 0 Å². The third kappa shape index (κ3) is 8.22. The first kappa shape index (κ1) is 25.2. The average Bonchev–Trinajstić information content (AvgIpc) is 2.67. The molecule has 0 saturated heterocycles. The maximum atomic E-state index is 12.1. The largest absolute Gasteiger partial charge is 0.357 e. The lowest BCUT2D eigenvalue weighted by Crippen LogP contribution is -2.38. The number of carbonyl (C=O) groups excluding carboxylic acids is 1. The molecule has 29 heavy (non-hydrogen) atoms. The molecule has 0 radical (unpaired) electrons. The minimum atomic E-state index is 0. The van der Waals surface area contributed by atoms with Gasteiger partial charge in [0.05, 0.1) is 0 Å². The first-order valence-corrected chi connectivity index (χ1v) is 9.83. The minimum Gasteiger partial charge on any atom is -0.357 e. The Hall–Kier alpha value is -1.80. The van der Waals surface area contributed by atoms with Crippen LogP contribution in [0.25, 0.3) is 0 Å². The van der Waals surface area contributed by atoms with Gasteiger partial charge in [0.1, 0.15) is 0 Å². The van der Waals surface area contributed by atoms with E-state index in [0.29, 0.717) is 12.1 Å². The molecule has 0 atom stereocenters. The minimum absolute atomic E-state index is 0. The van der Waals surface area contributed by atoms with Crippen molar-refractivity contribution in [1.82, 2.24) is 15.1 Å². The summed E-state index contributed by atoms with van der Waals surface area (Å²) in [6.07, 6.45) is 0.772. The van der Waals surface area contributed by atoms with Gasteiger partial charge in [0.25, 0.3) is 5.91 Å². The molecule has 0 aliphatic heterocycles. The second kappa shape index (κ2) is 12.7. The van der Waals surface area contributed by atoms with E-state index in [0.717, 1.165) is 41.6 Å². The summed E-state index contributed by atoms with van der Waals surface area (Å²) < 4.78 is 0. The van der Waals surface area contributed by atoms with Crippen molar-refractivity contribution in [2.45, 2.75) is 19.9 Å². The lowest BCUT2D eigenvalue weighted by molar-refractivity contribution is 0.0827. The number of nitrogens with one attached hydrogen (secondary N) is 1. The normalized spacial score (nSPS) is 10.9. The van der Waals surface area contributed by atoms with E-state index in [1.807, 2.05) is 49.5 Å². The number of aliphatic imine (C=N–C) groups is 1. The number of amides is 1. The van der Waals surface area contributed by atoms with Crippen LogP contribution in [0.3, 0.4) is 0 Å². The molecule has 7 heteroatoms. The van der Waals surface area contributed by atoms with Crippen LogP contribution in [0.15, 0.2) is 53.5 Å². The van der Waals surface area contributed by atoms with Crippen LogP contribution < -0.4 is 5.32 Å². The number of hydrogen-bond donors (Lipinski definition) is 1. The van der Waals surface area contributed by atoms with Gasteiger partial charge in [-0.15, -0.1) is 24.0 Å². The van der Waals surface area contributed by atoms with E-state index in [-0.39, 0.29) is 29.9 Å². The summed E-state index contributed by atoms with van der Waals surface area (Å²) in [5.74, 6) is 0.864. The highest BCUT2D eigenvalue weighted by molar-refractivity contribution is 14.0. The highest BCUT2D eigenvalue weighted by Crippen LogP contribution is 2.12. The Morgan fingerprint density at radius 3 is 2.41 bits per heavy atom. The highest BCUT2D eigenvalue weighted by atomic mass is 127. The van der Waals surface area contributed by atoms with Crippen LogP contribution in [0, 0.1) is 0 Å². The Labute approximate surface area is 196 Å². The van der Waals surface area contributed by atoms with Gasteiger partial charge in [0.2, 0.25) is 0 Å². The topological polar surface area (TPSA) is 47.9 Å². The smallest absolute Gasteiger partial charge is 0.253 e. The number of halogens is 2. The fraction of sp³-hybridized carbons (Fsp3) is 0.364. The number of hydrogen-bond acceptors (Lipinski definition) is 2.